The van der Waals surface area contributed by atoms with E-state index in [1.807, 2.05) is 13.2 Å². The summed E-state index contributed by atoms with van der Waals surface area (Å²) in [6.07, 6.45) is 6.44. The van der Waals surface area contributed by atoms with E-state index in [4.69, 9.17) is 11.6 Å². The Morgan fingerprint density at radius 2 is 2.07 bits per heavy atom. The summed E-state index contributed by atoms with van der Waals surface area (Å²) in [7, 11) is -1.82. The van der Waals surface area contributed by atoms with E-state index in [-0.39, 0.29) is 27.7 Å². The zero-order chi connectivity index (χ0) is 20.5. The number of halogens is 1. The van der Waals surface area contributed by atoms with E-state index in [9.17, 15) is 13.2 Å². The van der Waals surface area contributed by atoms with Crippen molar-refractivity contribution in [3.05, 3.63) is 41.2 Å². The van der Waals surface area contributed by atoms with Gasteiger partial charge >= 0.3 is 6.03 Å². The number of rotatable bonds is 4. The summed E-state index contributed by atoms with van der Waals surface area (Å²) >= 11 is 6.20. The molecule has 1 aromatic heterocycles. The predicted octanol–water partition coefficient (Wildman–Crippen LogP) is 4.01. The fourth-order valence-electron chi connectivity index (χ4n) is 3.45. The summed E-state index contributed by atoms with van der Waals surface area (Å²) < 4.78 is 27.2. The van der Waals surface area contributed by atoms with Crippen molar-refractivity contribution in [3.63, 3.8) is 0 Å². The molecular formula is C19H25ClN4O3S. The normalized spacial score (nSPS) is 17.8. The SMILES string of the molecule is CC(C)S(=O)(=O)c1c(Cl)cccc1NC(=O)N1CCCCC1c1cnn(C)c1. The smallest absolute Gasteiger partial charge is 0.317 e. The summed E-state index contributed by atoms with van der Waals surface area (Å²) in [6, 6.07) is 4.29. The molecule has 2 heterocycles. The van der Waals surface area contributed by atoms with Crippen LogP contribution in [-0.4, -0.2) is 40.9 Å². The number of carbonyl (C=O) groups excluding carboxylic acids is 1. The van der Waals surface area contributed by atoms with Gasteiger partial charge in [-0.1, -0.05) is 17.7 Å². The van der Waals surface area contributed by atoms with Crippen molar-refractivity contribution in [2.45, 2.75) is 49.3 Å². The number of likely N-dealkylation sites (tertiary alicyclic amines) is 1. The highest BCUT2D eigenvalue weighted by Gasteiger charge is 2.31. The van der Waals surface area contributed by atoms with Gasteiger partial charge in [0.25, 0.3) is 0 Å². The lowest BCUT2D eigenvalue weighted by atomic mass is 9.98. The fourth-order valence-corrected chi connectivity index (χ4v) is 5.19. The first-order chi connectivity index (χ1) is 13.2. The third-order valence-corrected chi connectivity index (χ3v) is 7.66. The molecule has 152 valence electrons. The lowest BCUT2D eigenvalue weighted by Gasteiger charge is -2.35. The molecule has 0 radical (unpaired) electrons. The molecular weight excluding hydrogens is 400 g/mol. The monoisotopic (exact) mass is 424 g/mol. The van der Waals surface area contributed by atoms with Crippen molar-refractivity contribution >= 4 is 33.2 Å². The molecule has 1 aliphatic rings. The van der Waals surface area contributed by atoms with E-state index in [0.29, 0.717) is 6.54 Å². The molecule has 0 spiro atoms. The number of benzene rings is 1. The molecule has 0 saturated carbocycles. The van der Waals surface area contributed by atoms with E-state index >= 15 is 0 Å². The van der Waals surface area contributed by atoms with Crippen LogP contribution >= 0.6 is 11.6 Å². The number of hydrogen-bond donors (Lipinski definition) is 1. The first-order valence-electron chi connectivity index (χ1n) is 9.30. The van der Waals surface area contributed by atoms with Crippen molar-refractivity contribution < 1.29 is 13.2 Å². The second-order valence-electron chi connectivity index (χ2n) is 7.29. The van der Waals surface area contributed by atoms with Crippen LogP contribution in [0.25, 0.3) is 0 Å². The highest BCUT2D eigenvalue weighted by atomic mass is 35.5. The Morgan fingerprint density at radius 3 is 2.71 bits per heavy atom. The minimum Gasteiger partial charge on any atom is -0.317 e. The minimum atomic E-state index is -3.66. The Bertz CT molecular complexity index is 971. The van der Waals surface area contributed by atoms with Gasteiger partial charge in [-0.2, -0.15) is 5.10 Å². The standard InChI is InChI=1S/C19H25ClN4O3S/c1-13(2)28(26,27)18-15(20)7-6-8-16(18)22-19(25)24-10-5-4-9-17(24)14-11-21-23(3)12-14/h6-8,11-13,17H,4-5,9-10H2,1-3H3,(H,22,25). The summed E-state index contributed by atoms with van der Waals surface area (Å²) in [5.41, 5.74) is 1.18. The number of nitrogens with zero attached hydrogens (tertiary/aromatic N) is 3. The Balaban J connectivity index is 1.91. The zero-order valence-corrected chi connectivity index (χ0v) is 17.8. The van der Waals surface area contributed by atoms with Gasteiger partial charge in [-0.25, -0.2) is 13.2 Å². The van der Waals surface area contributed by atoms with Crippen LogP contribution in [0.5, 0.6) is 0 Å². The number of hydrogen-bond acceptors (Lipinski definition) is 4. The van der Waals surface area contributed by atoms with Crippen LogP contribution in [0.4, 0.5) is 10.5 Å². The van der Waals surface area contributed by atoms with Crippen molar-refractivity contribution in [3.8, 4) is 0 Å². The Morgan fingerprint density at radius 1 is 1.32 bits per heavy atom. The number of piperidine rings is 1. The number of amides is 2. The Hall–Kier alpha value is -2.06. The quantitative estimate of drug-likeness (QED) is 0.803. The first kappa shape index (κ1) is 20.7. The number of anilines is 1. The van der Waals surface area contributed by atoms with Crippen LogP contribution in [0.2, 0.25) is 5.02 Å². The van der Waals surface area contributed by atoms with Gasteiger partial charge in [-0.05, 0) is 45.2 Å². The number of nitrogens with one attached hydrogen (secondary N) is 1. The minimum absolute atomic E-state index is 0.0325. The molecule has 1 aromatic carbocycles. The maximum absolute atomic E-state index is 13.1. The zero-order valence-electron chi connectivity index (χ0n) is 16.2. The lowest BCUT2D eigenvalue weighted by molar-refractivity contribution is 0.163. The van der Waals surface area contributed by atoms with Gasteiger partial charge in [0, 0.05) is 25.4 Å². The van der Waals surface area contributed by atoms with Crippen molar-refractivity contribution in [1.82, 2.24) is 14.7 Å². The van der Waals surface area contributed by atoms with Crippen LogP contribution < -0.4 is 5.32 Å². The molecule has 0 aliphatic carbocycles. The lowest BCUT2D eigenvalue weighted by Crippen LogP contribution is -2.41. The molecule has 1 saturated heterocycles. The first-order valence-corrected chi connectivity index (χ1v) is 11.2. The fraction of sp³-hybridized carbons (Fsp3) is 0.474. The second-order valence-corrected chi connectivity index (χ2v) is 10.1. The van der Waals surface area contributed by atoms with E-state index in [2.05, 4.69) is 10.4 Å². The Labute approximate surface area is 170 Å². The van der Waals surface area contributed by atoms with Crippen molar-refractivity contribution in [1.29, 1.82) is 0 Å². The van der Waals surface area contributed by atoms with Gasteiger partial charge in [-0.15, -0.1) is 0 Å². The number of aromatic nitrogens is 2. The summed E-state index contributed by atoms with van der Waals surface area (Å²) in [4.78, 5) is 14.8. The van der Waals surface area contributed by atoms with Crippen molar-refractivity contribution in [2.75, 3.05) is 11.9 Å². The van der Waals surface area contributed by atoms with Crippen LogP contribution in [0, 0.1) is 0 Å². The molecule has 2 amide bonds. The van der Waals surface area contributed by atoms with Crippen LogP contribution in [-0.2, 0) is 16.9 Å². The maximum Gasteiger partial charge on any atom is 0.322 e. The van der Waals surface area contributed by atoms with Gasteiger partial charge in [-0.3, -0.25) is 4.68 Å². The highest BCUT2D eigenvalue weighted by Crippen LogP contribution is 2.34. The average molecular weight is 425 g/mol. The molecule has 1 fully saturated rings. The van der Waals surface area contributed by atoms with Crippen LogP contribution in [0.1, 0.15) is 44.7 Å². The molecule has 2 aromatic rings. The molecule has 0 bridgehead atoms. The summed E-state index contributed by atoms with van der Waals surface area (Å²) in [5.74, 6) is 0. The topological polar surface area (TPSA) is 84.3 Å². The molecule has 9 heteroatoms. The molecule has 3 rings (SSSR count). The third-order valence-electron chi connectivity index (χ3n) is 4.99. The van der Waals surface area contributed by atoms with E-state index in [1.54, 1.807) is 41.8 Å². The van der Waals surface area contributed by atoms with E-state index in [0.717, 1.165) is 24.8 Å². The predicted molar refractivity (Wildman–Crippen MR) is 109 cm³/mol. The third kappa shape index (κ3) is 4.03. The second kappa shape index (κ2) is 8.13. The van der Waals surface area contributed by atoms with Gasteiger partial charge in [0.05, 0.1) is 28.2 Å². The number of aryl methyl sites for hydroxylation is 1. The van der Waals surface area contributed by atoms with Gasteiger partial charge in [0.1, 0.15) is 4.90 Å². The van der Waals surface area contributed by atoms with Crippen molar-refractivity contribution in [2.24, 2.45) is 7.05 Å². The molecule has 28 heavy (non-hydrogen) atoms. The molecule has 1 atom stereocenters. The number of urea groups is 1. The summed E-state index contributed by atoms with van der Waals surface area (Å²) in [6.45, 7) is 3.78. The maximum atomic E-state index is 13.1. The van der Waals surface area contributed by atoms with Gasteiger partial charge < -0.3 is 10.2 Å². The average Bonchev–Trinajstić information content (AvgIpc) is 3.07. The van der Waals surface area contributed by atoms with Crippen LogP contribution in [0.15, 0.2) is 35.5 Å². The van der Waals surface area contributed by atoms with Gasteiger partial charge in [0.2, 0.25) is 0 Å². The molecule has 7 nitrogen and oxygen atoms in total. The summed E-state index contributed by atoms with van der Waals surface area (Å²) in [5, 5.41) is 6.45. The number of carbonyl (C=O) groups is 1. The molecule has 1 aliphatic heterocycles. The van der Waals surface area contributed by atoms with Gasteiger partial charge in [0.15, 0.2) is 9.84 Å². The highest BCUT2D eigenvalue weighted by molar-refractivity contribution is 7.92. The van der Waals surface area contributed by atoms with E-state index < -0.39 is 15.1 Å². The Kier molecular flexibility index (Phi) is 6.00. The molecule has 1 N–H and O–H groups in total. The van der Waals surface area contributed by atoms with E-state index in [1.165, 1.54) is 6.07 Å². The largest absolute Gasteiger partial charge is 0.322 e. The molecule has 1 unspecified atom stereocenters. The number of sulfone groups is 1. The van der Waals surface area contributed by atoms with Crippen LogP contribution in [0.3, 0.4) is 0 Å².